The first-order valence-corrected chi connectivity index (χ1v) is 7.11. The second kappa shape index (κ2) is 6.05. The highest BCUT2D eigenvalue weighted by Crippen LogP contribution is 2.27. The molecule has 1 aliphatic carbocycles. The third kappa shape index (κ3) is 3.06. The first kappa shape index (κ1) is 13.9. The van der Waals surface area contributed by atoms with E-state index in [2.05, 4.69) is 44.7 Å². The Morgan fingerprint density at radius 3 is 2.74 bits per heavy atom. The lowest BCUT2D eigenvalue weighted by atomic mass is 9.83. The summed E-state index contributed by atoms with van der Waals surface area (Å²) in [5.74, 6) is 0.418. The number of nitrogens with zero attached hydrogens (tertiary/aromatic N) is 1. The molecule has 1 amide bonds. The van der Waals surface area contributed by atoms with Crippen molar-refractivity contribution in [2.75, 3.05) is 6.54 Å². The Hall–Kier alpha value is -1.57. The van der Waals surface area contributed by atoms with Crippen LogP contribution < -0.4 is 0 Å². The standard InChI is InChI=1S/C17H23NO/c1-4-11-18(13(2)3)17(19)16-10-9-14-7-5-6-8-15(14)12-16/h4-8,13,16H,1,9-12H2,2-3H3/t16-/m1/s1. The van der Waals surface area contributed by atoms with Crippen molar-refractivity contribution in [1.82, 2.24) is 4.90 Å². The van der Waals surface area contributed by atoms with Crippen LogP contribution in [0.4, 0.5) is 0 Å². The van der Waals surface area contributed by atoms with Gasteiger partial charge in [-0.3, -0.25) is 4.79 Å². The normalized spacial score (nSPS) is 17.9. The van der Waals surface area contributed by atoms with Gasteiger partial charge in [0.2, 0.25) is 5.91 Å². The SMILES string of the molecule is C=CCN(C(=O)[C@@H]1CCc2ccccc2C1)C(C)C. The highest BCUT2D eigenvalue weighted by molar-refractivity contribution is 5.80. The Labute approximate surface area is 116 Å². The van der Waals surface area contributed by atoms with E-state index < -0.39 is 0 Å². The number of carbonyl (C=O) groups is 1. The van der Waals surface area contributed by atoms with Crippen LogP contribution in [0.1, 0.15) is 31.4 Å². The smallest absolute Gasteiger partial charge is 0.226 e. The van der Waals surface area contributed by atoms with E-state index in [1.165, 1.54) is 11.1 Å². The minimum Gasteiger partial charge on any atom is -0.336 e. The zero-order valence-corrected chi connectivity index (χ0v) is 11.9. The summed E-state index contributed by atoms with van der Waals surface area (Å²) in [4.78, 5) is 14.6. The fourth-order valence-electron chi connectivity index (χ4n) is 2.84. The molecule has 0 saturated heterocycles. The largest absolute Gasteiger partial charge is 0.336 e. The summed E-state index contributed by atoms with van der Waals surface area (Å²) in [7, 11) is 0. The van der Waals surface area contributed by atoms with E-state index in [-0.39, 0.29) is 17.9 Å². The molecule has 1 atom stereocenters. The first-order valence-electron chi connectivity index (χ1n) is 7.11. The van der Waals surface area contributed by atoms with E-state index >= 15 is 0 Å². The molecule has 2 rings (SSSR count). The predicted octanol–water partition coefficient (Wildman–Crippen LogP) is 3.21. The number of fused-ring (bicyclic) bond motifs is 1. The van der Waals surface area contributed by atoms with Crippen LogP contribution in [-0.4, -0.2) is 23.4 Å². The molecule has 0 heterocycles. The fraction of sp³-hybridized carbons (Fsp3) is 0.471. The lowest BCUT2D eigenvalue weighted by Gasteiger charge is -2.32. The van der Waals surface area contributed by atoms with E-state index in [9.17, 15) is 4.79 Å². The van der Waals surface area contributed by atoms with Crippen LogP contribution in [0.2, 0.25) is 0 Å². The van der Waals surface area contributed by atoms with Gasteiger partial charge >= 0.3 is 0 Å². The van der Waals surface area contributed by atoms with Gasteiger partial charge in [-0.25, -0.2) is 0 Å². The van der Waals surface area contributed by atoms with E-state index in [1.807, 2.05) is 11.0 Å². The molecule has 19 heavy (non-hydrogen) atoms. The van der Waals surface area contributed by atoms with E-state index in [1.54, 1.807) is 0 Å². The molecule has 0 aromatic heterocycles. The molecule has 1 aromatic rings. The average Bonchev–Trinajstić information content (AvgIpc) is 2.43. The van der Waals surface area contributed by atoms with Gasteiger partial charge in [0, 0.05) is 18.5 Å². The number of benzene rings is 1. The maximum atomic E-state index is 12.6. The van der Waals surface area contributed by atoms with E-state index in [0.29, 0.717) is 6.54 Å². The number of hydrogen-bond acceptors (Lipinski definition) is 1. The third-order valence-corrected chi connectivity index (χ3v) is 3.93. The maximum absolute atomic E-state index is 12.6. The molecule has 102 valence electrons. The molecule has 0 saturated carbocycles. The van der Waals surface area contributed by atoms with Gasteiger partial charge in [0.05, 0.1) is 0 Å². The van der Waals surface area contributed by atoms with Crippen LogP contribution in [0.5, 0.6) is 0 Å². The number of hydrogen-bond donors (Lipinski definition) is 0. The van der Waals surface area contributed by atoms with Crippen molar-refractivity contribution in [2.45, 2.75) is 39.2 Å². The molecular weight excluding hydrogens is 234 g/mol. The summed E-state index contributed by atoms with van der Waals surface area (Å²) in [6.07, 6.45) is 4.69. The Morgan fingerprint density at radius 1 is 1.42 bits per heavy atom. The average molecular weight is 257 g/mol. The molecule has 0 aliphatic heterocycles. The summed E-state index contributed by atoms with van der Waals surface area (Å²) in [5.41, 5.74) is 2.75. The van der Waals surface area contributed by atoms with Crippen LogP contribution in [0.15, 0.2) is 36.9 Å². The maximum Gasteiger partial charge on any atom is 0.226 e. The van der Waals surface area contributed by atoms with Gasteiger partial charge in [-0.05, 0) is 44.2 Å². The molecule has 2 heteroatoms. The summed E-state index contributed by atoms with van der Waals surface area (Å²) in [6.45, 7) is 8.54. The molecule has 0 bridgehead atoms. The molecule has 2 nitrogen and oxygen atoms in total. The Bertz CT molecular complexity index is 464. The third-order valence-electron chi connectivity index (χ3n) is 3.93. The molecule has 0 N–H and O–H groups in total. The van der Waals surface area contributed by atoms with Gasteiger partial charge in [0.15, 0.2) is 0 Å². The van der Waals surface area contributed by atoms with Crippen LogP contribution in [0.25, 0.3) is 0 Å². The van der Waals surface area contributed by atoms with Gasteiger partial charge in [0.25, 0.3) is 0 Å². The van der Waals surface area contributed by atoms with Crippen molar-refractivity contribution in [3.05, 3.63) is 48.0 Å². The van der Waals surface area contributed by atoms with E-state index in [4.69, 9.17) is 0 Å². The highest BCUT2D eigenvalue weighted by atomic mass is 16.2. The fourth-order valence-corrected chi connectivity index (χ4v) is 2.84. The van der Waals surface area contributed by atoms with E-state index in [0.717, 1.165) is 19.3 Å². The number of carbonyl (C=O) groups excluding carboxylic acids is 1. The van der Waals surface area contributed by atoms with Crippen molar-refractivity contribution in [1.29, 1.82) is 0 Å². The zero-order valence-electron chi connectivity index (χ0n) is 11.9. The molecule has 0 radical (unpaired) electrons. The number of amides is 1. The lowest BCUT2D eigenvalue weighted by Crippen LogP contribution is -2.42. The van der Waals surface area contributed by atoms with Gasteiger partial charge in [-0.15, -0.1) is 6.58 Å². The first-order chi connectivity index (χ1) is 9.13. The second-order valence-electron chi connectivity index (χ2n) is 5.58. The van der Waals surface area contributed by atoms with Crippen LogP contribution in [0.3, 0.4) is 0 Å². The van der Waals surface area contributed by atoms with Gasteiger partial charge in [-0.1, -0.05) is 30.3 Å². The van der Waals surface area contributed by atoms with Crippen molar-refractivity contribution in [3.63, 3.8) is 0 Å². The molecule has 1 aliphatic rings. The molecule has 0 unspecified atom stereocenters. The number of rotatable bonds is 4. The summed E-state index contributed by atoms with van der Waals surface area (Å²) in [5, 5.41) is 0. The summed E-state index contributed by atoms with van der Waals surface area (Å²) in [6, 6.07) is 8.72. The van der Waals surface area contributed by atoms with Crippen LogP contribution in [-0.2, 0) is 17.6 Å². The predicted molar refractivity (Wildman–Crippen MR) is 79.0 cm³/mol. The topological polar surface area (TPSA) is 20.3 Å². The Balaban J connectivity index is 2.11. The van der Waals surface area contributed by atoms with Gasteiger partial charge in [0.1, 0.15) is 0 Å². The van der Waals surface area contributed by atoms with Gasteiger partial charge < -0.3 is 4.90 Å². The minimum absolute atomic E-state index is 0.136. The van der Waals surface area contributed by atoms with Crippen molar-refractivity contribution in [3.8, 4) is 0 Å². The van der Waals surface area contributed by atoms with Gasteiger partial charge in [-0.2, -0.15) is 0 Å². The van der Waals surface area contributed by atoms with Crippen molar-refractivity contribution >= 4 is 5.91 Å². The molecule has 1 aromatic carbocycles. The summed E-state index contributed by atoms with van der Waals surface area (Å²) < 4.78 is 0. The van der Waals surface area contributed by atoms with Crippen molar-refractivity contribution < 1.29 is 4.79 Å². The monoisotopic (exact) mass is 257 g/mol. The number of aryl methyl sites for hydroxylation is 1. The Kier molecular flexibility index (Phi) is 4.41. The van der Waals surface area contributed by atoms with Crippen LogP contribution >= 0.6 is 0 Å². The zero-order chi connectivity index (χ0) is 13.8. The molecular formula is C17H23NO. The quantitative estimate of drug-likeness (QED) is 0.758. The Morgan fingerprint density at radius 2 is 2.11 bits per heavy atom. The minimum atomic E-state index is 0.136. The van der Waals surface area contributed by atoms with Crippen LogP contribution in [0, 0.1) is 5.92 Å². The lowest BCUT2D eigenvalue weighted by molar-refractivity contribution is -0.137. The van der Waals surface area contributed by atoms with Crippen molar-refractivity contribution in [2.24, 2.45) is 5.92 Å². The summed E-state index contributed by atoms with van der Waals surface area (Å²) >= 11 is 0. The molecule has 0 fully saturated rings. The second-order valence-corrected chi connectivity index (χ2v) is 5.58. The highest BCUT2D eigenvalue weighted by Gasteiger charge is 2.28. The molecule has 0 spiro atoms.